The predicted molar refractivity (Wildman–Crippen MR) is 64.3 cm³/mol. The minimum atomic E-state index is 0. The van der Waals surface area contributed by atoms with E-state index in [-0.39, 0.29) is 17.4 Å². The molecule has 0 fully saturated rings. The van der Waals surface area contributed by atoms with E-state index in [0.29, 0.717) is 0 Å². The molecule has 15 heavy (non-hydrogen) atoms. The van der Waals surface area contributed by atoms with E-state index in [1.54, 1.807) is 0 Å². The molecule has 0 saturated heterocycles. The predicted octanol–water partition coefficient (Wildman–Crippen LogP) is 1.54. The average molecular weight is 217 g/mol. The van der Waals surface area contributed by atoms with Crippen LogP contribution >= 0.6 is 0 Å². The quantitative estimate of drug-likeness (QED) is 0.688. The standard InChI is InChI=1S/C7H8.C3H6O.CH4O.H3N.H2O/c1-7-5-3-2-4-6-7;1-3(2)4;1-2;;/h2-6H,1H3;1-2H3;2H,1H3;1H3;1H2. The van der Waals surface area contributed by atoms with Crippen LogP contribution in [0.25, 0.3) is 0 Å². The van der Waals surface area contributed by atoms with Gasteiger partial charge in [-0.3, -0.25) is 0 Å². The number of Topliss-reactive ketones (excluding diaryl/α,β-unsaturated/α-hetero) is 1. The Bertz CT molecular complexity index is 208. The van der Waals surface area contributed by atoms with E-state index in [1.807, 2.05) is 18.2 Å². The highest BCUT2D eigenvalue weighted by atomic mass is 16.2. The summed E-state index contributed by atoms with van der Waals surface area (Å²) in [6, 6.07) is 10.3. The molecule has 0 atom stereocenters. The molecular weight excluding hydrogens is 194 g/mol. The van der Waals surface area contributed by atoms with E-state index in [1.165, 1.54) is 19.4 Å². The highest BCUT2D eigenvalue weighted by Crippen LogP contribution is 1.92. The van der Waals surface area contributed by atoms with E-state index in [4.69, 9.17) is 5.11 Å². The van der Waals surface area contributed by atoms with E-state index in [0.717, 1.165) is 7.11 Å². The van der Waals surface area contributed by atoms with Crippen LogP contribution in [-0.2, 0) is 4.79 Å². The molecule has 4 heteroatoms. The van der Waals surface area contributed by atoms with Crippen LogP contribution in [0.2, 0.25) is 0 Å². The molecular formula is C11H23NO3. The van der Waals surface area contributed by atoms with Crippen LogP contribution < -0.4 is 6.15 Å². The lowest BCUT2D eigenvalue weighted by Crippen LogP contribution is -1.69. The number of aliphatic hydroxyl groups excluding tert-OH is 1. The highest BCUT2D eigenvalue weighted by Gasteiger charge is 1.72. The normalized spacial score (nSPS) is 6.20. The van der Waals surface area contributed by atoms with Gasteiger partial charge in [-0.2, -0.15) is 0 Å². The molecule has 4 nitrogen and oxygen atoms in total. The molecule has 1 aromatic rings. The molecule has 1 rings (SSSR count). The number of aryl methyl sites for hydroxylation is 1. The van der Waals surface area contributed by atoms with Gasteiger partial charge in [0.1, 0.15) is 5.78 Å². The van der Waals surface area contributed by atoms with Crippen LogP contribution in [0.5, 0.6) is 0 Å². The second kappa shape index (κ2) is 18.5. The molecule has 0 spiro atoms. The summed E-state index contributed by atoms with van der Waals surface area (Å²) in [5, 5.41) is 7.00. The first kappa shape index (κ1) is 23.5. The zero-order chi connectivity index (χ0) is 10.7. The Hall–Kier alpha value is -1.23. The monoisotopic (exact) mass is 217 g/mol. The molecule has 1 aromatic carbocycles. The fourth-order valence-corrected chi connectivity index (χ4v) is 0.534. The molecule has 0 bridgehead atoms. The Balaban J connectivity index is -0.0000000674. The molecule has 90 valence electrons. The SMILES string of the molecule is CC(C)=O.CO.Cc1ccccc1.N.O. The molecule has 6 N–H and O–H groups in total. The Morgan fingerprint density at radius 2 is 1.33 bits per heavy atom. The number of carbonyl (C=O) groups excluding carboxylic acids is 1. The number of benzene rings is 1. The molecule has 0 aliphatic carbocycles. The van der Waals surface area contributed by atoms with Crippen LogP contribution in [0.3, 0.4) is 0 Å². The first-order chi connectivity index (χ1) is 6.13. The molecule has 0 saturated carbocycles. The average Bonchev–Trinajstić information content (AvgIpc) is 2.08. The Morgan fingerprint density at radius 3 is 1.47 bits per heavy atom. The lowest BCUT2D eigenvalue weighted by Gasteiger charge is -1.82. The second-order valence-corrected chi connectivity index (χ2v) is 2.56. The van der Waals surface area contributed by atoms with Crippen molar-refractivity contribution in [2.75, 3.05) is 7.11 Å². The molecule has 0 unspecified atom stereocenters. The maximum atomic E-state index is 9.44. The van der Waals surface area contributed by atoms with Gasteiger partial charge in [-0.05, 0) is 20.8 Å². The fraction of sp³-hybridized carbons (Fsp3) is 0.364. The number of ketones is 1. The minimum absolute atomic E-state index is 0. The van der Waals surface area contributed by atoms with Gasteiger partial charge in [0.25, 0.3) is 0 Å². The topological polar surface area (TPSA) is 104 Å². The van der Waals surface area contributed by atoms with Crippen molar-refractivity contribution in [1.29, 1.82) is 0 Å². The Morgan fingerprint density at radius 1 is 1.07 bits per heavy atom. The van der Waals surface area contributed by atoms with Gasteiger partial charge in [0, 0.05) is 7.11 Å². The van der Waals surface area contributed by atoms with Crippen molar-refractivity contribution in [3.63, 3.8) is 0 Å². The van der Waals surface area contributed by atoms with Crippen molar-refractivity contribution in [2.45, 2.75) is 20.8 Å². The summed E-state index contributed by atoms with van der Waals surface area (Å²) in [6.07, 6.45) is 0. The number of carbonyl (C=O) groups is 1. The summed E-state index contributed by atoms with van der Waals surface area (Å²) < 4.78 is 0. The highest BCUT2D eigenvalue weighted by molar-refractivity contribution is 5.72. The molecule has 0 amide bonds. The largest absolute Gasteiger partial charge is 0.412 e. The third kappa shape index (κ3) is 32.3. The zero-order valence-electron chi connectivity index (χ0n) is 9.95. The van der Waals surface area contributed by atoms with Gasteiger partial charge in [-0.25, -0.2) is 0 Å². The van der Waals surface area contributed by atoms with Crippen LogP contribution in [-0.4, -0.2) is 23.5 Å². The molecule has 0 aliphatic heterocycles. The lowest BCUT2D eigenvalue weighted by molar-refractivity contribution is -0.114. The second-order valence-electron chi connectivity index (χ2n) is 2.56. The summed E-state index contributed by atoms with van der Waals surface area (Å²) >= 11 is 0. The third-order valence-electron chi connectivity index (χ3n) is 0.940. The van der Waals surface area contributed by atoms with Crippen molar-refractivity contribution in [3.05, 3.63) is 35.9 Å². The van der Waals surface area contributed by atoms with Gasteiger partial charge in [0.2, 0.25) is 0 Å². The summed E-state index contributed by atoms with van der Waals surface area (Å²) in [5.74, 6) is 0.167. The summed E-state index contributed by atoms with van der Waals surface area (Å²) in [7, 11) is 1.00. The number of aliphatic hydroxyl groups is 1. The molecule has 0 aliphatic rings. The third-order valence-corrected chi connectivity index (χ3v) is 0.940. The Labute approximate surface area is 91.8 Å². The number of hydrogen-bond donors (Lipinski definition) is 2. The maximum absolute atomic E-state index is 9.44. The van der Waals surface area contributed by atoms with Gasteiger partial charge in [-0.15, -0.1) is 0 Å². The van der Waals surface area contributed by atoms with Crippen LogP contribution in [0.4, 0.5) is 0 Å². The van der Waals surface area contributed by atoms with Crippen molar-refractivity contribution in [2.24, 2.45) is 0 Å². The zero-order valence-corrected chi connectivity index (χ0v) is 9.95. The lowest BCUT2D eigenvalue weighted by atomic mass is 10.2. The van der Waals surface area contributed by atoms with Gasteiger partial charge < -0.3 is 21.5 Å². The number of hydrogen-bond acceptors (Lipinski definition) is 3. The smallest absolute Gasteiger partial charge is 0.126 e. The van der Waals surface area contributed by atoms with E-state index >= 15 is 0 Å². The maximum Gasteiger partial charge on any atom is 0.126 e. The van der Waals surface area contributed by atoms with Gasteiger partial charge in [0.15, 0.2) is 0 Å². The van der Waals surface area contributed by atoms with Gasteiger partial charge >= 0.3 is 0 Å². The van der Waals surface area contributed by atoms with Crippen LogP contribution in [0.15, 0.2) is 30.3 Å². The number of rotatable bonds is 0. The van der Waals surface area contributed by atoms with Gasteiger partial charge in [0.05, 0.1) is 0 Å². The summed E-state index contributed by atoms with van der Waals surface area (Å²) in [5.41, 5.74) is 1.32. The molecule has 0 radical (unpaired) electrons. The summed E-state index contributed by atoms with van der Waals surface area (Å²) in [4.78, 5) is 9.44. The van der Waals surface area contributed by atoms with Crippen LogP contribution in [0, 0.1) is 6.92 Å². The van der Waals surface area contributed by atoms with Gasteiger partial charge in [-0.1, -0.05) is 35.9 Å². The first-order valence-corrected chi connectivity index (χ1v) is 4.06. The first-order valence-electron chi connectivity index (χ1n) is 4.06. The van der Waals surface area contributed by atoms with E-state index in [2.05, 4.69) is 19.1 Å². The molecule has 0 heterocycles. The minimum Gasteiger partial charge on any atom is -0.412 e. The van der Waals surface area contributed by atoms with E-state index < -0.39 is 0 Å². The van der Waals surface area contributed by atoms with Crippen molar-refractivity contribution in [3.8, 4) is 0 Å². The fourth-order valence-electron chi connectivity index (χ4n) is 0.534. The van der Waals surface area contributed by atoms with Crippen molar-refractivity contribution < 1.29 is 15.4 Å². The van der Waals surface area contributed by atoms with E-state index in [9.17, 15) is 4.79 Å². The van der Waals surface area contributed by atoms with Crippen molar-refractivity contribution in [1.82, 2.24) is 6.15 Å². The summed E-state index contributed by atoms with van der Waals surface area (Å²) in [6.45, 7) is 5.14. The van der Waals surface area contributed by atoms with Crippen LogP contribution in [0.1, 0.15) is 19.4 Å². The van der Waals surface area contributed by atoms with Crippen molar-refractivity contribution >= 4 is 5.78 Å². The Kier molecular flexibility index (Phi) is 29.1. The molecule has 0 aromatic heterocycles.